The van der Waals surface area contributed by atoms with Crippen molar-refractivity contribution in [3.05, 3.63) is 65.2 Å². The molecule has 1 aliphatic rings. The van der Waals surface area contributed by atoms with E-state index in [1.165, 1.54) is 12.1 Å². The van der Waals surface area contributed by atoms with Gasteiger partial charge in [-0.2, -0.15) is 0 Å². The highest BCUT2D eigenvalue weighted by Gasteiger charge is 2.23. The molecule has 0 saturated heterocycles. The number of hydrogen-bond donors (Lipinski definition) is 2. The molecule has 138 valence electrons. The maximum atomic E-state index is 13.7. The van der Waals surface area contributed by atoms with Gasteiger partial charge in [0.2, 0.25) is 0 Å². The molecule has 1 amide bonds. The molecule has 0 unspecified atom stereocenters. The summed E-state index contributed by atoms with van der Waals surface area (Å²) in [6.07, 6.45) is 2.10. The highest BCUT2D eigenvalue weighted by Crippen LogP contribution is 2.20. The summed E-state index contributed by atoms with van der Waals surface area (Å²) in [4.78, 5) is 11.6. The van der Waals surface area contributed by atoms with Crippen molar-refractivity contribution in [2.24, 2.45) is 0 Å². The van der Waals surface area contributed by atoms with E-state index in [0.29, 0.717) is 23.9 Å². The zero-order chi connectivity index (χ0) is 18.5. The standard InChI is InChI=1S/C20H22F2N2O2/c1-13(23-11-15-2-5-16(21)10-19(15)22)14-3-8-18(9-4-14)26-12-20(25)24-17-6-7-17/h2-5,8-10,13,17,23H,6-7,11-12H2,1H3,(H,24,25)/t13-/m0/s1. The number of amides is 1. The summed E-state index contributed by atoms with van der Waals surface area (Å²) in [6, 6.07) is 11.3. The molecule has 0 heterocycles. The molecule has 1 atom stereocenters. The van der Waals surface area contributed by atoms with Gasteiger partial charge in [0.25, 0.3) is 5.91 Å². The van der Waals surface area contributed by atoms with Crippen LogP contribution in [-0.4, -0.2) is 18.6 Å². The van der Waals surface area contributed by atoms with E-state index in [2.05, 4.69) is 10.6 Å². The third-order valence-corrected chi connectivity index (χ3v) is 4.31. The van der Waals surface area contributed by atoms with Crippen LogP contribution >= 0.6 is 0 Å². The van der Waals surface area contributed by atoms with Crippen LogP contribution in [0.2, 0.25) is 0 Å². The van der Waals surface area contributed by atoms with Gasteiger partial charge in [-0.25, -0.2) is 8.78 Å². The largest absolute Gasteiger partial charge is 0.484 e. The summed E-state index contributed by atoms with van der Waals surface area (Å²) in [7, 11) is 0. The maximum absolute atomic E-state index is 13.7. The van der Waals surface area contributed by atoms with Crippen molar-refractivity contribution in [1.29, 1.82) is 0 Å². The number of carbonyl (C=O) groups is 1. The van der Waals surface area contributed by atoms with Crippen LogP contribution in [-0.2, 0) is 11.3 Å². The lowest BCUT2D eigenvalue weighted by atomic mass is 10.1. The van der Waals surface area contributed by atoms with Gasteiger partial charge in [0, 0.05) is 30.3 Å². The van der Waals surface area contributed by atoms with Gasteiger partial charge in [0.05, 0.1) is 0 Å². The molecule has 0 radical (unpaired) electrons. The topological polar surface area (TPSA) is 50.4 Å². The van der Waals surface area contributed by atoms with Gasteiger partial charge in [-0.1, -0.05) is 18.2 Å². The third-order valence-electron chi connectivity index (χ3n) is 4.31. The van der Waals surface area contributed by atoms with E-state index in [1.807, 2.05) is 19.1 Å². The minimum absolute atomic E-state index is 0.00743. The highest BCUT2D eigenvalue weighted by atomic mass is 19.1. The maximum Gasteiger partial charge on any atom is 0.258 e. The Bertz CT molecular complexity index is 761. The van der Waals surface area contributed by atoms with Crippen LogP contribution in [0.4, 0.5) is 8.78 Å². The second kappa shape index (κ2) is 8.27. The normalized spacial score (nSPS) is 14.7. The molecule has 0 bridgehead atoms. The van der Waals surface area contributed by atoms with Crippen LogP contribution in [0.25, 0.3) is 0 Å². The van der Waals surface area contributed by atoms with Gasteiger partial charge in [-0.15, -0.1) is 0 Å². The first kappa shape index (κ1) is 18.3. The van der Waals surface area contributed by atoms with Crippen molar-refractivity contribution in [3.8, 4) is 5.75 Å². The zero-order valence-electron chi connectivity index (χ0n) is 14.6. The van der Waals surface area contributed by atoms with Gasteiger partial charge < -0.3 is 15.4 Å². The summed E-state index contributed by atoms with van der Waals surface area (Å²) < 4.78 is 32.1. The molecule has 2 N–H and O–H groups in total. The van der Waals surface area contributed by atoms with E-state index in [4.69, 9.17) is 4.74 Å². The minimum Gasteiger partial charge on any atom is -0.484 e. The zero-order valence-corrected chi connectivity index (χ0v) is 14.6. The molecule has 3 rings (SSSR count). The molecular formula is C20H22F2N2O2. The monoisotopic (exact) mass is 360 g/mol. The van der Waals surface area contributed by atoms with Crippen molar-refractivity contribution in [2.75, 3.05) is 6.61 Å². The first-order chi connectivity index (χ1) is 12.5. The summed E-state index contributed by atoms with van der Waals surface area (Å²) in [5.74, 6) is -0.622. The van der Waals surface area contributed by atoms with Crippen LogP contribution in [0.15, 0.2) is 42.5 Å². The molecule has 1 saturated carbocycles. The summed E-state index contributed by atoms with van der Waals surface area (Å²) >= 11 is 0. The molecule has 1 fully saturated rings. The quantitative estimate of drug-likeness (QED) is 0.758. The Morgan fingerprint density at radius 2 is 1.92 bits per heavy atom. The fourth-order valence-corrected chi connectivity index (χ4v) is 2.54. The Labute approximate surface area is 151 Å². The van der Waals surface area contributed by atoms with Gasteiger partial charge >= 0.3 is 0 Å². The molecule has 2 aromatic carbocycles. The first-order valence-electron chi connectivity index (χ1n) is 8.70. The second-order valence-electron chi connectivity index (χ2n) is 6.54. The van der Waals surface area contributed by atoms with Gasteiger partial charge in [-0.05, 0) is 43.5 Å². The lowest BCUT2D eigenvalue weighted by molar-refractivity contribution is -0.123. The molecule has 1 aliphatic carbocycles. The molecule has 4 nitrogen and oxygen atoms in total. The van der Waals surface area contributed by atoms with Gasteiger partial charge in [-0.3, -0.25) is 4.79 Å². The Morgan fingerprint density at radius 3 is 2.58 bits per heavy atom. The van der Waals surface area contributed by atoms with E-state index >= 15 is 0 Å². The lowest BCUT2D eigenvalue weighted by Crippen LogP contribution is -2.30. The first-order valence-corrected chi connectivity index (χ1v) is 8.70. The number of hydrogen-bond acceptors (Lipinski definition) is 3. The Kier molecular flexibility index (Phi) is 5.83. The Hall–Kier alpha value is -2.47. The Morgan fingerprint density at radius 1 is 1.19 bits per heavy atom. The van der Waals surface area contributed by atoms with Crippen molar-refractivity contribution in [1.82, 2.24) is 10.6 Å². The lowest BCUT2D eigenvalue weighted by Gasteiger charge is -2.15. The van der Waals surface area contributed by atoms with Crippen molar-refractivity contribution < 1.29 is 18.3 Å². The molecule has 6 heteroatoms. The van der Waals surface area contributed by atoms with E-state index in [9.17, 15) is 13.6 Å². The van der Waals surface area contributed by atoms with E-state index in [1.54, 1.807) is 12.1 Å². The molecule has 0 aliphatic heterocycles. The third kappa shape index (κ3) is 5.26. The minimum atomic E-state index is -0.583. The molecule has 0 spiro atoms. The van der Waals surface area contributed by atoms with Crippen LogP contribution in [0.1, 0.15) is 36.9 Å². The van der Waals surface area contributed by atoms with Gasteiger partial charge in [0.15, 0.2) is 6.61 Å². The van der Waals surface area contributed by atoms with E-state index in [0.717, 1.165) is 24.5 Å². The number of rotatable bonds is 8. The average molecular weight is 360 g/mol. The van der Waals surface area contributed by atoms with Crippen molar-refractivity contribution >= 4 is 5.91 Å². The molecule has 0 aromatic heterocycles. The van der Waals surface area contributed by atoms with Crippen LogP contribution in [0.5, 0.6) is 5.75 Å². The SMILES string of the molecule is C[C@H](NCc1ccc(F)cc1F)c1ccc(OCC(=O)NC2CC2)cc1. The number of benzene rings is 2. The van der Waals surface area contributed by atoms with E-state index < -0.39 is 11.6 Å². The molecular weight excluding hydrogens is 338 g/mol. The number of carbonyl (C=O) groups excluding carboxylic acids is 1. The average Bonchev–Trinajstić information content (AvgIpc) is 3.43. The second-order valence-corrected chi connectivity index (χ2v) is 6.54. The number of nitrogens with one attached hydrogen (secondary N) is 2. The van der Waals surface area contributed by atoms with Crippen LogP contribution in [0, 0.1) is 11.6 Å². The van der Waals surface area contributed by atoms with Crippen LogP contribution < -0.4 is 15.4 Å². The number of ether oxygens (including phenoxy) is 1. The fraction of sp³-hybridized carbons (Fsp3) is 0.350. The van der Waals surface area contributed by atoms with Gasteiger partial charge in [0.1, 0.15) is 17.4 Å². The predicted molar refractivity (Wildman–Crippen MR) is 94.7 cm³/mol. The van der Waals surface area contributed by atoms with Crippen molar-refractivity contribution in [3.63, 3.8) is 0 Å². The summed E-state index contributed by atoms with van der Waals surface area (Å²) in [6.45, 7) is 2.26. The predicted octanol–water partition coefficient (Wildman–Crippen LogP) is 3.47. The Balaban J connectivity index is 1.48. The number of halogens is 2. The van der Waals surface area contributed by atoms with Crippen LogP contribution in [0.3, 0.4) is 0 Å². The molecule has 2 aromatic rings. The molecule has 26 heavy (non-hydrogen) atoms. The summed E-state index contributed by atoms with van der Waals surface area (Å²) in [5, 5.41) is 6.07. The van der Waals surface area contributed by atoms with E-state index in [-0.39, 0.29) is 18.6 Å². The van der Waals surface area contributed by atoms with Crippen molar-refractivity contribution in [2.45, 2.75) is 38.4 Å². The smallest absolute Gasteiger partial charge is 0.258 e. The summed E-state index contributed by atoms with van der Waals surface area (Å²) in [5.41, 5.74) is 1.42. The fourth-order valence-electron chi connectivity index (χ4n) is 2.54. The highest BCUT2D eigenvalue weighted by molar-refractivity contribution is 5.78.